The number of carboxylic acid groups (broad SMARTS) is 2. The molecule has 7 heteroatoms. The molecule has 0 radical (unpaired) electrons. The van der Waals surface area contributed by atoms with Gasteiger partial charge < -0.3 is 14.9 Å². The molecule has 1 aliphatic carbocycles. The van der Waals surface area contributed by atoms with Crippen LogP contribution < -0.4 is 4.74 Å². The molecule has 1 aromatic carbocycles. The highest BCUT2D eigenvalue weighted by atomic mass is 16.5. The maximum absolute atomic E-state index is 9.10. The summed E-state index contributed by atoms with van der Waals surface area (Å²) in [6, 6.07) is 9.26. The molecule has 1 heterocycles. The lowest BCUT2D eigenvalue weighted by atomic mass is 9.86. The fourth-order valence-corrected chi connectivity index (χ4v) is 3.97. The second kappa shape index (κ2) is 11.0. The Morgan fingerprint density at radius 2 is 1.57 bits per heavy atom. The molecular formula is C21H32N2O5. The van der Waals surface area contributed by atoms with Crippen LogP contribution in [0.5, 0.6) is 5.75 Å². The molecule has 1 aromatic rings. The average Bonchev–Trinajstić information content (AvgIpc) is 2.70. The van der Waals surface area contributed by atoms with E-state index in [1.165, 1.54) is 57.4 Å². The number of hydrogen-bond donors (Lipinski definition) is 2. The van der Waals surface area contributed by atoms with Crippen molar-refractivity contribution in [1.82, 2.24) is 9.80 Å². The van der Waals surface area contributed by atoms with Crippen LogP contribution >= 0.6 is 0 Å². The van der Waals surface area contributed by atoms with Crippen LogP contribution in [0.15, 0.2) is 24.3 Å². The van der Waals surface area contributed by atoms with Crippen molar-refractivity contribution in [2.45, 2.75) is 45.2 Å². The standard InChI is InChI=1S/C19H30N2O.C2H2O4/c1-16-7-9-18(10-8-16)21-13-11-20(12-14-21)15-17-5-3-4-6-19(17)22-2;3-1(4)2(5)6/h3-6,16,18H,7-15H2,1-2H3;(H,3,4)(H,5,6). The summed E-state index contributed by atoms with van der Waals surface area (Å²) in [6.45, 7) is 8.25. The number of hydrogen-bond acceptors (Lipinski definition) is 5. The van der Waals surface area contributed by atoms with Gasteiger partial charge in [-0.05, 0) is 37.7 Å². The lowest BCUT2D eigenvalue weighted by molar-refractivity contribution is -0.159. The predicted molar refractivity (Wildman–Crippen MR) is 107 cm³/mol. The summed E-state index contributed by atoms with van der Waals surface area (Å²) in [5.74, 6) is -1.68. The van der Waals surface area contributed by atoms with Gasteiger partial charge in [-0.25, -0.2) is 9.59 Å². The van der Waals surface area contributed by atoms with Crippen molar-refractivity contribution in [3.05, 3.63) is 29.8 Å². The Labute approximate surface area is 166 Å². The maximum atomic E-state index is 9.10. The molecular weight excluding hydrogens is 360 g/mol. The molecule has 1 aliphatic heterocycles. The van der Waals surface area contributed by atoms with Crippen LogP contribution in [0.3, 0.4) is 0 Å². The van der Waals surface area contributed by atoms with E-state index in [4.69, 9.17) is 24.5 Å². The topological polar surface area (TPSA) is 90.3 Å². The number of nitrogens with zero attached hydrogens (tertiary/aromatic N) is 2. The first-order chi connectivity index (χ1) is 13.4. The Morgan fingerprint density at radius 1 is 1.00 bits per heavy atom. The van der Waals surface area contributed by atoms with Crippen LogP contribution in [0, 0.1) is 5.92 Å². The van der Waals surface area contributed by atoms with E-state index >= 15 is 0 Å². The molecule has 7 nitrogen and oxygen atoms in total. The van der Waals surface area contributed by atoms with E-state index in [1.807, 2.05) is 6.07 Å². The van der Waals surface area contributed by atoms with Crippen molar-refractivity contribution in [2.24, 2.45) is 5.92 Å². The molecule has 2 fully saturated rings. The van der Waals surface area contributed by atoms with Crippen LogP contribution in [-0.2, 0) is 16.1 Å². The number of para-hydroxylation sites is 1. The molecule has 2 aliphatic rings. The first kappa shape index (κ1) is 22.2. The summed E-state index contributed by atoms with van der Waals surface area (Å²) in [6.07, 6.45) is 5.67. The van der Waals surface area contributed by atoms with Crippen molar-refractivity contribution >= 4 is 11.9 Å². The highest BCUT2D eigenvalue weighted by molar-refractivity contribution is 6.27. The fourth-order valence-electron chi connectivity index (χ4n) is 3.97. The van der Waals surface area contributed by atoms with Crippen LogP contribution in [0.25, 0.3) is 0 Å². The largest absolute Gasteiger partial charge is 0.496 e. The van der Waals surface area contributed by atoms with Crippen molar-refractivity contribution in [3.63, 3.8) is 0 Å². The van der Waals surface area contributed by atoms with Gasteiger partial charge in [0.2, 0.25) is 0 Å². The van der Waals surface area contributed by atoms with Gasteiger partial charge in [-0.3, -0.25) is 9.80 Å². The van der Waals surface area contributed by atoms with E-state index in [2.05, 4.69) is 34.9 Å². The number of rotatable bonds is 4. The summed E-state index contributed by atoms with van der Waals surface area (Å²) < 4.78 is 5.48. The van der Waals surface area contributed by atoms with Crippen molar-refractivity contribution in [1.29, 1.82) is 0 Å². The monoisotopic (exact) mass is 392 g/mol. The van der Waals surface area contributed by atoms with Crippen molar-refractivity contribution in [2.75, 3.05) is 33.3 Å². The molecule has 3 rings (SSSR count). The molecule has 1 saturated carbocycles. The van der Waals surface area contributed by atoms with E-state index in [1.54, 1.807) is 7.11 Å². The summed E-state index contributed by atoms with van der Waals surface area (Å²) >= 11 is 0. The zero-order chi connectivity index (χ0) is 20.5. The van der Waals surface area contributed by atoms with Crippen LogP contribution in [-0.4, -0.2) is 71.3 Å². The van der Waals surface area contributed by atoms with Gasteiger partial charge >= 0.3 is 11.9 Å². The normalized spacial score (nSPS) is 23.4. The first-order valence-electron chi connectivity index (χ1n) is 9.95. The third-order valence-corrected chi connectivity index (χ3v) is 5.68. The molecule has 0 bridgehead atoms. The van der Waals surface area contributed by atoms with E-state index in [0.29, 0.717) is 0 Å². The molecule has 156 valence electrons. The Kier molecular flexibility index (Phi) is 8.73. The summed E-state index contributed by atoms with van der Waals surface area (Å²) in [5.41, 5.74) is 1.31. The van der Waals surface area contributed by atoms with Gasteiger partial charge in [-0.2, -0.15) is 0 Å². The summed E-state index contributed by atoms with van der Waals surface area (Å²) in [7, 11) is 1.76. The molecule has 28 heavy (non-hydrogen) atoms. The minimum atomic E-state index is -1.82. The highest BCUT2D eigenvalue weighted by Crippen LogP contribution is 2.28. The van der Waals surface area contributed by atoms with E-state index in [9.17, 15) is 0 Å². The van der Waals surface area contributed by atoms with Gasteiger partial charge in [0.05, 0.1) is 7.11 Å². The zero-order valence-corrected chi connectivity index (χ0v) is 16.8. The number of carboxylic acids is 2. The van der Waals surface area contributed by atoms with Gasteiger partial charge in [-0.15, -0.1) is 0 Å². The number of aliphatic carboxylic acids is 2. The second-order valence-corrected chi connectivity index (χ2v) is 7.65. The maximum Gasteiger partial charge on any atom is 0.414 e. The second-order valence-electron chi connectivity index (χ2n) is 7.65. The Bertz CT molecular complexity index is 623. The third kappa shape index (κ3) is 6.80. The molecule has 0 aromatic heterocycles. The summed E-state index contributed by atoms with van der Waals surface area (Å²) in [5, 5.41) is 14.8. The van der Waals surface area contributed by atoms with E-state index in [-0.39, 0.29) is 0 Å². The van der Waals surface area contributed by atoms with Gasteiger partial charge in [-0.1, -0.05) is 25.1 Å². The number of carbonyl (C=O) groups is 2. The van der Waals surface area contributed by atoms with E-state index in [0.717, 1.165) is 24.3 Å². The van der Waals surface area contributed by atoms with Crippen molar-refractivity contribution in [3.8, 4) is 5.75 Å². The van der Waals surface area contributed by atoms with Crippen molar-refractivity contribution < 1.29 is 24.5 Å². The number of benzene rings is 1. The molecule has 0 amide bonds. The predicted octanol–water partition coefficient (Wildman–Crippen LogP) is 2.55. The summed E-state index contributed by atoms with van der Waals surface area (Å²) in [4.78, 5) is 23.5. The number of methoxy groups -OCH3 is 1. The molecule has 0 spiro atoms. The molecule has 1 saturated heterocycles. The minimum Gasteiger partial charge on any atom is -0.496 e. The van der Waals surface area contributed by atoms with Gasteiger partial charge in [0.25, 0.3) is 0 Å². The Balaban J connectivity index is 0.000000409. The molecule has 2 N–H and O–H groups in total. The van der Waals surface area contributed by atoms with E-state index < -0.39 is 11.9 Å². The van der Waals surface area contributed by atoms with Crippen LogP contribution in [0.1, 0.15) is 38.2 Å². The van der Waals surface area contributed by atoms with Crippen LogP contribution in [0.4, 0.5) is 0 Å². The average molecular weight is 392 g/mol. The Hall–Kier alpha value is -2.12. The quantitative estimate of drug-likeness (QED) is 0.761. The first-order valence-corrected chi connectivity index (χ1v) is 9.95. The SMILES string of the molecule is COc1ccccc1CN1CCN(C2CCC(C)CC2)CC1.O=C(O)C(=O)O. The number of piperazine rings is 1. The lowest BCUT2D eigenvalue weighted by Crippen LogP contribution is -2.50. The minimum absolute atomic E-state index is 0.851. The Morgan fingerprint density at radius 3 is 2.11 bits per heavy atom. The van der Waals surface area contributed by atoms with Gasteiger partial charge in [0.1, 0.15) is 5.75 Å². The lowest BCUT2D eigenvalue weighted by Gasteiger charge is -2.41. The van der Waals surface area contributed by atoms with Crippen LogP contribution in [0.2, 0.25) is 0 Å². The third-order valence-electron chi connectivity index (χ3n) is 5.68. The highest BCUT2D eigenvalue weighted by Gasteiger charge is 2.27. The zero-order valence-electron chi connectivity index (χ0n) is 16.8. The van der Waals surface area contributed by atoms with Gasteiger partial charge in [0, 0.05) is 44.3 Å². The number of ether oxygens (including phenoxy) is 1. The smallest absolute Gasteiger partial charge is 0.414 e. The van der Waals surface area contributed by atoms with Gasteiger partial charge in [0.15, 0.2) is 0 Å². The molecule has 0 unspecified atom stereocenters. The fraction of sp³-hybridized carbons (Fsp3) is 0.619. The molecule has 0 atom stereocenters.